The van der Waals surface area contributed by atoms with Crippen molar-refractivity contribution in [3.63, 3.8) is 0 Å². The van der Waals surface area contributed by atoms with Crippen molar-refractivity contribution in [2.24, 2.45) is 0 Å². The van der Waals surface area contributed by atoms with Gasteiger partial charge in [0.1, 0.15) is 16.8 Å². The lowest BCUT2D eigenvalue weighted by Gasteiger charge is -2.10. The molecule has 7 nitrogen and oxygen atoms in total. The molecular formula is C16H13N3O4. The van der Waals surface area contributed by atoms with Crippen LogP contribution >= 0.6 is 0 Å². The number of anilines is 2. The number of methoxy groups -OCH3 is 1. The number of non-ortho nitro benzene ring substituents is 1. The standard InChI is InChI=1S/C16H13N3O4/c1-23-12-6-4-11(5-7-12)17-14-8-9-15(19(21)22)13-3-2-10-18(20)16(13)14/h2-10,17H,1H3. The number of nitro groups is 1. The molecule has 23 heavy (non-hydrogen) atoms. The Kier molecular flexibility index (Phi) is 3.68. The number of ether oxygens (including phenoxy) is 1. The highest BCUT2D eigenvalue weighted by Gasteiger charge is 2.20. The van der Waals surface area contributed by atoms with E-state index in [0.717, 1.165) is 5.69 Å². The number of nitrogens with zero attached hydrogens (tertiary/aromatic N) is 2. The molecule has 0 saturated carbocycles. The molecule has 116 valence electrons. The first-order valence-electron chi connectivity index (χ1n) is 6.80. The first-order chi connectivity index (χ1) is 11.1. The third-order valence-corrected chi connectivity index (χ3v) is 3.46. The van der Waals surface area contributed by atoms with Gasteiger partial charge in [-0.2, -0.15) is 4.73 Å². The fourth-order valence-corrected chi connectivity index (χ4v) is 2.38. The van der Waals surface area contributed by atoms with Gasteiger partial charge in [-0.3, -0.25) is 10.1 Å². The van der Waals surface area contributed by atoms with Gasteiger partial charge >= 0.3 is 0 Å². The first kappa shape index (κ1) is 14.6. The maximum absolute atomic E-state index is 12.1. The summed E-state index contributed by atoms with van der Waals surface area (Å²) in [5.41, 5.74) is 1.35. The van der Waals surface area contributed by atoms with Crippen LogP contribution in [0.1, 0.15) is 0 Å². The molecule has 7 heteroatoms. The van der Waals surface area contributed by atoms with Crippen LogP contribution in [0.25, 0.3) is 10.9 Å². The van der Waals surface area contributed by atoms with Crippen molar-refractivity contribution < 1.29 is 14.4 Å². The Labute approximate surface area is 131 Å². The highest BCUT2D eigenvalue weighted by molar-refractivity contribution is 5.95. The third kappa shape index (κ3) is 2.71. The van der Waals surface area contributed by atoms with Crippen LogP contribution in [0.3, 0.4) is 0 Å². The fraction of sp³-hybridized carbons (Fsp3) is 0.0625. The summed E-state index contributed by atoms with van der Waals surface area (Å²) < 4.78 is 5.71. The second-order valence-corrected chi connectivity index (χ2v) is 4.84. The van der Waals surface area contributed by atoms with Gasteiger partial charge in [0.25, 0.3) is 11.2 Å². The minimum Gasteiger partial charge on any atom is -0.618 e. The largest absolute Gasteiger partial charge is 0.618 e. The van der Waals surface area contributed by atoms with Crippen molar-refractivity contribution in [2.45, 2.75) is 0 Å². The third-order valence-electron chi connectivity index (χ3n) is 3.46. The zero-order valence-corrected chi connectivity index (χ0v) is 12.2. The highest BCUT2D eigenvalue weighted by Crippen LogP contribution is 2.31. The molecule has 0 amide bonds. The molecule has 2 aromatic carbocycles. The van der Waals surface area contributed by atoms with Crippen molar-refractivity contribution in [3.05, 3.63) is 70.0 Å². The summed E-state index contributed by atoms with van der Waals surface area (Å²) in [6, 6.07) is 13.1. The molecule has 0 bridgehead atoms. The normalized spacial score (nSPS) is 10.5. The molecule has 0 atom stereocenters. The maximum atomic E-state index is 12.1. The smallest absolute Gasteiger partial charge is 0.283 e. The van der Waals surface area contributed by atoms with E-state index in [9.17, 15) is 15.3 Å². The van der Waals surface area contributed by atoms with Crippen LogP contribution in [0.2, 0.25) is 0 Å². The Morgan fingerprint density at radius 2 is 1.87 bits per heavy atom. The van der Waals surface area contributed by atoms with Crippen LogP contribution in [0.5, 0.6) is 5.75 Å². The van der Waals surface area contributed by atoms with Crippen molar-refractivity contribution >= 4 is 28.0 Å². The van der Waals surface area contributed by atoms with Gasteiger partial charge in [0.15, 0.2) is 6.20 Å². The summed E-state index contributed by atoms with van der Waals surface area (Å²) in [6.45, 7) is 0. The molecule has 0 aliphatic rings. The number of nitro benzene ring substituents is 1. The molecular weight excluding hydrogens is 298 g/mol. The van der Waals surface area contributed by atoms with Gasteiger partial charge in [-0.1, -0.05) is 0 Å². The summed E-state index contributed by atoms with van der Waals surface area (Å²) in [4.78, 5) is 10.6. The van der Waals surface area contributed by atoms with Gasteiger partial charge < -0.3 is 15.3 Å². The van der Waals surface area contributed by atoms with Crippen molar-refractivity contribution in [1.82, 2.24) is 0 Å². The van der Waals surface area contributed by atoms with Crippen molar-refractivity contribution in [2.75, 3.05) is 12.4 Å². The topological polar surface area (TPSA) is 91.3 Å². The molecule has 0 fully saturated rings. The van der Waals surface area contributed by atoms with Gasteiger partial charge in [-0.15, -0.1) is 0 Å². The lowest BCUT2D eigenvalue weighted by Crippen LogP contribution is -2.26. The monoisotopic (exact) mass is 311 g/mol. The van der Waals surface area contributed by atoms with E-state index in [1.807, 2.05) is 0 Å². The minimum absolute atomic E-state index is 0.106. The molecule has 0 aliphatic carbocycles. The molecule has 0 saturated heterocycles. The zero-order chi connectivity index (χ0) is 16.4. The number of rotatable bonds is 4. The zero-order valence-electron chi connectivity index (χ0n) is 12.2. The van der Waals surface area contributed by atoms with Gasteiger partial charge in [0, 0.05) is 17.8 Å². The average Bonchev–Trinajstić information content (AvgIpc) is 2.55. The molecule has 0 aliphatic heterocycles. The number of aromatic nitrogens is 1. The number of hydrogen-bond donors (Lipinski definition) is 1. The number of pyridine rings is 1. The highest BCUT2D eigenvalue weighted by atomic mass is 16.6. The predicted molar refractivity (Wildman–Crippen MR) is 85.8 cm³/mol. The van der Waals surface area contributed by atoms with Gasteiger partial charge in [-0.25, -0.2) is 0 Å². The van der Waals surface area contributed by atoms with Crippen LogP contribution in [-0.4, -0.2) is 12.0 Å². The summed E-state index contributed by atoms with van der Waals surface area (Å²) in [6.07, 6.45) is 1.31. The van der Waals surface area contributed by atoms with Crippen LogP contribution in [0, 0.1) is 15.3 Å². The summed E-state index contributed by atoms with van der Waals surface area (Å²) >= 11 is 0. The molecule has 0 unspecified atom stereocenters. The van der Waals surface area contributed by atoms with Crippen LogP contribution in [-0.2, 0) is 0 Å². The van der Waals surface area contributed by atoms with E-state index in [1.54, 1.807) is 37.4 Å². The molecule has 1 aromatic heterocycles. The Bertz CT molecular complexity index is 878. The van der Waals surface area contributed by atoms with Crippen LogP contribution < -0.4 is 14.8 Å². The lowest BCUT2D eigenvalue weighted by molar-refractivity contribution is -0.576. The van der Waals surface area contributed by atoms with Gasteiger partial charge in [-0.05, 0) is 36.4 Å². The Balaban J connectivity index is 2.10. The van der Waals surface area contributed by atoms with E-state index in [2.05, 4.69) is 5.32 Å². The fourth-order valence-electron chi connectivity index (χ4n) is 2.38. The molecule has 0 spiro atoms. The van der Waals surface area contributed by atoms with E-state index < -0.39 is 4.92 Å². The summed E-state index contributed by atoms with van der Waals surface area (Å²) in [7, 11) is 1.58. The van der Waals surface area contributed by atoms with Gasteiger partial charge in [0.2, 0.25) is 0 Å². The Morgan fingerprint density at radius 1 is 1.13 bits per heavy atom. The van der Waals surface area contributed by atoms with E-state index >= 15 is 0 Å². The minimum atomic E-state index is -0.501. The van der Waals surface area contributed by atoms with Crippen LogP contribution in [0.4, 0.5) is 17.1 Å². The molecule has 1 N–H and O–H groups in total. The van der Waals surface area contributed by atoms with Gasteiger partial charge in [0.05, 0.1) is 12.0 Å². The maximum Gasteiger partial charge on any atom is 0.283 e. The number of nitrogens with one attached hydrogen (secondary N) is 1. The second-order valence-electron chi connectivity index (χ2n) is 4.84. The summed E-state index contributed by atoms with van der Waals surface area (Å²) in [5.74, 6) is 0.711. The van der Waals surface area contributed by atoms with Crippen LogP contribution in [0.15, 0.2) is 54.7 Å². The molecule has 1 heterocycles. The number of benzene rings is 2. The second kappa shape index (κ2) is 5.80. The van der Waals surface area contributed by atoms with E-state index in [0.29, 0.717) is 16.2 Å². The molecule has 3 aromatic rings. The van der Waals surface area contributed by atoms with E-state index in [1.165, 1.54) is 24.4 Å². The molecule has 3 rings (SSSR count). The average molecular weight is 311 g/mol. The first-order valence-corrected chi connectivity index (χ1v) is 6.80. The van der Waals surface area contributed by atoms with E-state index in [4.69, 9.17) is 4.74 Å². The van der Waals surface area contributed by atoms with Crippen molar-refractivity contribution in [3.8, 4) is 5.75 Å². The summed E-state index contributed by atoms with van der Waals surface area (Å²) in [5, 5.41) is 26.6. The Morgan fingerprint density at radius 3 is 2.52 bits per heavy atom. The number of hydrogen-bond acceptors (Lipinski definition) is 5. The Hall–Kier alpha value is -3.35. The quantitative estimate of drug-likeness (QED) is 0.346. The predicted octanol–water partition coefficient (Wildman–Crippen LogP) is 3.13. The SMILES string of the molecule is COc1ccc(Nc2ccc([N+](=O)[O-])c3ccc[n+]([O-])c23)cc1. The molecule has 0 radical (unpaired) electrons. The van der Waals surface area contributed by atoms with E-state index in [-0.39, 0.29) is 16.6 Å². The lowest BCUT2D eigenvalue weighted by atomic mass is 10.1. The van der Waals surface area contributed by atoms with Crippen molar-refractivity contribution in [1.29, 1.82) is 0 Å². The number of fused-ring (bicyclic) bond motifs is 1.